The molecule has 1 aromatic heterocycles. The molecule has 0 N–H and O–H groups in total. The van der Waals surface area contributed by atoms with Crippen LogP contribution in [-0.2, 0) is 0 Å². The molecule has 0 fully saturated rings. The summed E-state index contributed by atoms with van der Waals surface area (Å²) in [5.41, 5.74) is 2.44. The molecule has 0 atom stereocenters. The van der Waals surface area contributed by atoms with Gasteiger partial charge in [-0.2, -0.15) is 0 Å². The quantitative estimate of drug-likeness (QED) is 0.258. The summed E-state index contributed by atoms with van der Waals surface area (Å²) in [5, 5.41) is 2.43. The number of amides is 2. The first-order valence-corrected chi connectivity index (χ1v) is 11.5. The van der Waals surface area contributed by atoms with E-state index in [4.69, 9.17) is 0 Å². The maximum absolute atomic E-state index is 13.5. The number of carbonyl (C=O) groups excluding carboxylic acids is 4. The minimum absolute atomic E-state index is 0.295. The molecule has 6 nitrogen and oxygen atoms in total. The molecule has 0 spiro atoms. The van der Waals surface area contributed by atoms with Gasteiger partial charge in [0.2, 0.25) is 0 Å². The molecule has 4 aromatic carbocycles. The van der Waals surface area contributed by atoms with Crippen LogP contribution in [0.5, 0.6) is 0 Å². The number of hydrogen-bond donors (Lipinski definition) is 0. The van der Waals surface area contributed by atoms with Crippen LogP contribution in [0.25, 0.3) is 21.7 Å². The van der Waals surface area contributed by atoms with Crippen molar-refractivity contribution in [2.45, 2.75) is 5.92 Å². The predicted octanol–water partition coefficient (Wildman–Crippen LogP) is 5.35. The maximum atomic E-state index is 13.5. The summed E-state index contributed by atoms with van der Waals surface area (Å²) in [4.78, 5) is 58.9. The van der Waals surface area contributed by atoms with Gasteiger partial charge in [-0.15, -0.1) is 0 Å². The summed E-state index contributed by atoms with van der Waals surface area (Å²) < 4.78 is 0. The molecule has 5 aromatic rings. The van der Waals surface area contributed by atoms with Crippen molar-refractivity contribution in [1.29, 1.82) is 0 Å². The third-order valence-electron chi connectivity index (χ3n) is 6.99. The molecule has 2 heterocycles. The summed E-state index contributed by atoms with van der Waals surface area (Å²) >= 11 is 0. The van der Waals surface area contributed by atoms with Gasteiger partial charge in [0.25, 0.3) is 11.8 Å². The Morgan fingerprint density at radius 2 is 1.11 bits per heavy atom. The highest BCUT2D eigenvalue weighted by Gasteiger charge is 2.41. The number of Topliss-reactive ketones (excluding diaryl/α,β-unsaturated/α-hetero) is 2. The van der Waals surface area contributed by atoms with Crippen molar-refractivity contribution in [2.75, 3.05) is 4.90 Å². The molecule has 6 heteroatoms. The predicted molar refractivity (Wildman–Crippen MR) is 135 cm³/mol. The van der Waals surface area contributed by atoms with Crippen LogP contribution in [0.2, 0.25) is 0 Å². The monoisotopic (exact) mass is 468 g/mol. The molecule has 36 heavy (non-hydrogen) atoms. The molecule has 1 aliphatic carbocycles. The van der Waals surface area contributed by atoms with E-state index in [1.54, 1.807) is 60.7 Å². The first kappa shape index (κ1) is 20.4. The van der Waals surface area contributed by atoms with Gasteiger partial charge in [0.1, 0.15) is 5.92 Å². The van der Waals surface area contributed by atoms with Crippen LogP contribution in [0.3, 0.4) is 0 Å². The number of ketones is 2. The summed E-state index contributed by atoms with van der Waals surface area (Å²) in [6, 6.07) is 26.4. The third kappa shape index (κ3) is 2.69. The molecule has 0 radical (unpaired) electrons. The molecular weight excluding hydrogens is 452 g/mol. The Morgan fingerprint density at radius 3 is 1.72 bits per heavy atom. The van der Waals surface area contributed by atoms with E-state index in [-0.39, 0.29) is 11.6 Å². The zero-order valence-electron chi connectivity index (χ0n) is 18.8. The van der Waals surface area contributed by atoms with Crippen molar-refractivity contribution in [3.8, 4) is 0 Å². The Bertz CT molecular complexity index is 1750. The second-order valence-corrected chi connectivity index (χ2v) is 8.98. The van der Waals surface area contributed by atoms with Crippen molar-refractivity contribution in [3.63, 3.8) is 0 Å². The largest absolute Gasteiger partial charge is 0.293 e. The molecular formula is C30H16N2O4. The number of pyridine rings is 1. The lowest BCUT2D eigenvalue weighted by molar-refractivity contribution is 0.0882. The number of rotatable bonds is 2. The lowest BCUT2D eigenvalue weighted by Gasteiger charge is -2.17. The van der Waals surface area contributed by atoms with E-state index < -0.39 is 17.7 Å². The van der Waals surface area contributed by atoms with Crippen molar-refractivity contribution < 1.29 is 19.2 Å². The fourth-order valence-electron chi connectivity index (χ4n) is 5.25. The highest BCUT2D eigenvalue weighted by atomic mass is 16.2. The smallest absolute Gasteiger partial charge is 0.266 e. The van der Waals surface area contributed by atoms with Gasteiger partial charge in [-0.1, -0.05) is 66.7 Å². The number of imide groups is 1. The number of benzene rings is 4. The van der Waals surface area contributed by atoms with Gasteiger partial charge in [-0.3, -0.25) is 19.2 Å². The molecule has 0 bridgehead atoms. The number of fused-ring (bicyclic) bond motifs is 4. The Morgan fingerprint density at radius 1 is 0.556 bits per heavy atom. The van der Waals surface area contributed by atoms with E-state index >= 15 is 0 Å². The van der Waals surface area contributed by atoms with Gasteiger partial charge in [0, 0.05) is 16.5 Å². The van der Waals surface area contributed by atoms with Crippen LogP contribution in [0.4, 0.5) is 5.69 Å². The van der Waals surface area contributed by atoms with Crippen LogP contribution in [0, 0.1) is 0 Å². The molecule has 170 valence electrons. The topological polar surface area (TPSA) is 84.4 Å². The Hall–Kier alpha value is -4.97. The highest BCUT2D eigenvalue weighted by Crippen LogP contribution is 2.37. The van der Waals surface area contributed by atoms with Crippen LogP contribution in [-0.4, -0.2) is 28.4 Å². The minimum Gasteiger partial charge on any atom is -0.293 e. The SMILES string of the molecule is O=C1c2ccccc2C(=O)C1c1ccc2cccc(N3C(=O)c4cc5ccccc5cc4C3=O)c2n1. The molecule has 2 aliphatic rings. The Labute approximate surface area is 204 Å². The second kappa shape index (κ2) is 7.26. The van der Waals surface area contributed by atoms with Gasteiger partial charge in [-0.25, -0.2) is 9.88 Å². The van der Waals surface area contributed by atoms with Gasteiger partial charge in [0.05, 0.1) is 28.0 Å². The molecule has 0 saturated carbocycles. The first-order chi connectivity index (χ1) is 17.5. The number of nitrogens with zero attached hydrogens (tertiary/aromatic N) is 2. The van der Waals surface area contributed by atoms with Crippen molar-refractivity contribution in [2.24, 2.45) is 0 Å². The van der Waals surface area contributed by atoms with Crippen LogP contribution >= 0.6 is 0 Å². The van der Waals surface area contributed by atoms with Gasteiger partial charge in [0.15, 0.2) is 11.6 Å². The summed E-state index contributed by atoms with van der Waals surface area (Å²) in [6.07, 6.45) is 0. The zero-order valence-corrected chi connectivity index (χ0v) is 18.8. The second-order valence-electron chi connectivity index (χ2n) is 8.98. The van der Waals surface area contributed by atoms with E-state index in [9.17, 15) is 19.2 Å². The first-order valence-electron chi connectivity index (χ1n) is 11.5. The van der Waals surface area contributed by atoms with E-state index in [2.05, 4.69) is 4.98 Å². The summed E-state index contributed by atoms with van der Waals surface area (Å²) in [7, 11) is 0. The van der Waals surface area contributed by atoms with Crippen LogP contribution < -0.4 is 4.90 Å². The van der Waals surface area contributed by atoms with Crippen molar-refractivity contribution >= 4 is 50.7 Å². The molecule has 0 unspecified atom stereocenters. The minimum atomic E-state index is -1.05. The average Bonchev–Trinajstić information content (AvgIpc) is 3.31. The number of hydrogen-bond acceptors (Lipinski definition) is 5. The van der Waals surface area contributed by atoms with E-state index in [0.717, 1.165) is 15.7 Å². The summed E-state index contributed by atoms with van der Waals surface area (Å²) in [6.45, 7) is 0. The molecule has 1 aliphatic heterocycles. The Kier molecular flexibility index (Phi) is 4.12. The number of carbonyl (C=O) groups is 4. The third-order valence-corrected chi connectivity index (χ3v) is 6.99. The fraction of sp³-hybridized carbons (Fsp3) is 0.0333. The van der Waals surface area contributed by atoms with Crippen LogP contribution in [0.1, 0.15) is 53.0 Å². The fourth-order valence-corrected chi connectivity index (χ4v) is 5.25. The van der Waals surface area contributed by atoms with E-state index in [0.29, 0.717) is 44.5 Å². The van der Waals surface area contributed by atoms with Gasteiger partial charge in [-0.05, 0) is 35.0 Å². The maximum Gasteiger partial charge on any atom is 0.266 e. The standard InChI is InChI=1S/C30H16N2O4/c33-27-19-9-3-4-10-20(19)28(34)25(27)23-13-12-16-8-5-11-24(26(16)31-23)32-29(35)21-14-17-6-1-2-7-18(17)15-22(21)30(32)36/h1-15,25H. The molecule has 0 saturated heterocycles. The summed E-state index contributed by atoms with van der Waals surface area (Å²) in [5.74, 6) is -2.51. The molecule has 7 rings (SSSR count). The molecule has 2 amide bonds. The normalized spacial score (nSPS) is 15.3. The van der Waals surface area contributed by atoms with Crippen molar-refractivity contribution in [1.82, 2.24) is 4.98 Å². The van der Waals surface area contributed by atoms with Crippen LogP contribution in [0.15, 0.2) is 91.0 Å². The van der Waals surface area contributed by atoms with Gasteiger partial charge >= 0.3 is 0 Å². The Balaban J connectivity index is 1.37. The highest BCUT2D eigenvalue weighted by molar-refractivity contribution is 6.36. The number of aromatic nitrogens is 1. The zero-order chi connectivity index (χ0) is 24.6. The lowest BCUT2D eigenvalue weighted by Crippen LogP contribution is -2.29. The number of anilines is 1. The van der Waals surface area contributed by atoms with E-state index in [1.807, 2.05) is 30.3 Å². The van der Waals surface area contributed by atoms with Gasteiger partial charge < -0.3 is 0 Å². The van der Waals surface area contributed by atoms with E-state index in [1.165, 1.54) is 0 Å². The van der Waals surface area contributed by atoms with Crippen molar-refractivity contribution in [3.05, 3.63) is 119 Å². The number of para-hydroxylation sites is 1. The average molecular weight is 468 g/mol. The lowest BCUT2D eigenvalue weighted by atomic mass is 9.98.